The summed E-state index contributed by atoms with van der Waals surface area (Å²) in [4.78, 5) is 32.4. The van der Waals surface area contributed by atoms with Gasteiger partial charge in [0.05, 0.1) is 22.1 Å². The fraction of sp³-hybridized carbons (Fsp3) is 0.200. The van der Waals surface area contributed by atoms with Crippen molar-refractivity contribution in [1.82, 2.24) is 5.32 Å². The average Bonchev–Trinajstić information content (AvgIpc) is 2.60. The molecule has 1 heterocycles. The lowest BCUT2D eigenvalue weighted by Crippen LogP contribution is -2.30. The van der Waals surface area contributed by atoms with E-state index in [2.05, 4.69) is 10.6 Å². The summed E-state index contributed by atoms with van der Waals surface area (Å²) in [7, 11) is 0. The van der Waals surface area contributed by atoms with Gasteiger partial charge in [-0.25, -0.2) is 0 Å². The maximum absolute atomic E-state index is 11.3. The molecule has 1 fully saturated rings. The normalized spacial score (nSPS) is 18.6. The molecule has 1 aliphatic rings. The standard InChI is InChI=1S/C10H8ClN3O4/c11-6-2-1-5(14(17)18)3-7(6)12-8-4-9(15)13-10(8)16/h1-3,8,12H,4H2,(H,13,15,16). The first-order valence-corrected chi connectivity index (χ1v) is 5.39. The first-order chi connectivity index (χ1) is 8.47. The minimum absolute atomic E-state index is 0.0160. The summed E-state index contributed by atoms with van der Waals surface area (Å²) in [5.41, 5.74) is 0.104. The molecule has 2 amide bonds. The summed E-state index contributed by atoms with van der Waals surface area (Å²) in [6.07, 6.45) is -0.0160. The van der Waals surface area contributed by atoms with Gasteiger partial charge in [-0.15, -0.1) is 0 Å². The van der Waals surface area contributed by atoms with Crippen LogP contribution in [0.15, 0.2) is 18.2 Å². The summed E-state index contributed by atoms with van der Waals surface area (Å²) in [6.45, 7) is 0. The number of nitrogens with one attached hydrogen (secondary N) is 2. The summed E-state index contributed by atoms with van der Waals surface area (Å²) in [5.74, 6) is -0.860. The Morgan fingerprint density at radius 2 is 2.17 bits per heavy atom. The quantitative estimate of drug-likeness (QED) is 0.486. The number of hydrogen-bond donors (Lipinski definition) is 2. The Hall–Kier alpha value is -2.15. The Morgan fingerprint density at radius 3 is 2.72 bits per heavy atom. The van der Waals surface area contributed by atoms with E-state index in [-0.39, 0.29) is 28.7 Å². The van der Waals surface area contributed by atoms with Gasteiger partial charge in [0.2, 0.25) is 11.8 Å². The molecule has 2 rings (SSSR count). The molecule has 8 heteroatoms. The van der Waals surface area contributed by atoms with E-state index in [1.165, 1.54) is 18.2 Å². The van der Waals surface area contributed by atoms with Crippen LogP contribution in [0.3, 0.4) is 0 Å². The number of imide groups is 1. The van der Waals surface area contributed by atoms with Gasteiger partial charge in [0, 0.05) is 12.1 Å². The Balaban J connectivity index is 2.23. The fourth-order valence-electron chi connectivity index (χ4n) is 1.60. The molecule has 0 aliphatic carbocycles. The number of carbonyl (C=O) groups excluding carboxylic acids is 2. The van der Waals surface area contributed by atoms with Crippen molar-refractivity contribution in [1.29, 1.82) is 0 Å². The number of nitro groups is 1. The fourth-order valence-corrected chi connectivity index (χ4v) is 1.77. The molecular formula is C10H8ClN3O4. The molecule has 7 nitrogen and oxygen atoms in total. The van der Waals surface area contributed by atoms with Gasteiger partial charge in [0.25, 0.3) is 5.69 Å². The van der Waals surface area contributed by atoms with Crippen LogP contribution in [-0.4, -0.2) is 22.8 Å². The lowest BCUT2D eigenvalue weighted by atomic mass is 10.2. The third-order valence-electron chi connectivity index (χ3n) is 2.46. The summed E-state index contributed by atoms with van der Waals surface area (Å²) >= 11 is 5.86. The number of anilines is 1. The highest BCUT2D eigenvalue weighted by Crippen LogP contribution is 2.28. The Kier molecular flexibility index (Phi) is 3.15. The van der Waals surface area contributed by atoms with E-state index >= 15 is 0 Å². The molecule has 94 valence electrons. The van der Waals surface area contributed by atoms with Gasteiger partial charge in [0.1, 0.15) is 6.04 Å². The van der Waals surface area contributed by atoms with Gasteiger partial charge in [-0.05, 0) is 6.07 Å². The van der Waals surface area contributed by atoms with E-state index in [1.807, 2.05) is 0 Å². The molecule has 0 aromatic heterocycles. The second-order valence-electron chi connectivity index (χ2n) is 3.73. The third kappa shape index (κ3) is 2.40. The maximum Gasteiger partial charge on any atom is 0.271 e. The first kappa shape index (κ1) is 12.3. The smallest absolute Gasteiger partial charge is 0.271 e. The number of non-ortho nitro benzene ring substituents is 1. The zero-order valence-electron chi connectivity index (χ0n) is 8.97. The molecule has 1 unspecified atom stereocenters. The number of hydrogen-bond acceptors (Lipinski definition) is 5. The van der Waals surface area contributed by atoms with Gasteiger partial charge in [-0.2, -0.15) is 0 Å². The Bertz CT molecular complexity index is 546. The third-order valence-corrected chi connectivity index (χ3v) is 2.79. The Labute approximate surface area is 106 Å². The number of carbonyl (C=O) groups is 2. The minimum atomic E-state index is -0.753. The van der Waals surface area contributed by atoms with Crippen LogP contribution in [0.1, 0.15) is 6.42 Å². The lowest BCUT2D eigenvalue weighted by molar-refractivity contribution is -0.384. The van der Waals surface area contributed by atoms with E-state index in [4.69, 9.17) is 11.6 Å². The molecule has 0 saturated carbocycles. The first-order valence-electron chi connectivity index (χ1n) is 5.01. The van der Waals surface area contributed by atoms with Crippen LogP contribution in [0.4, 0.5) is 11.4 Å². The van der Waals surface area contributed by atoms with Crippen molar-refractivity contribution >= 4 is 34.8 Å². The summed E-state index contributed by atoms with van der Waals surface area (Å²) in [5, 5.41) is 15.7. The van der Waals surface area contributed by atoms with Crippen LogP contribution in [0.5, 0.6) is 0 Å². The molecule has 1 aromatic rings. The van der Waals surface area contributed by atoms with Gasteiger partial charge in [-0.3, -0.25) is 25.0 Å². The topological polar surface area (TPSA) is 101 Å². The maximum atomic E-state index is 11.3. The molecule has 0 bridgehead atoms. The van der Waals surface area contributed by atoms with E-state index in [1.54, 1.807) is 0 Å². The molecule has 1 saturated heterocycles. The van der Waals surface area contributed by atoms with Gasteiger partial charge in [-0.1, -0.05) is 11.6 Å². The van der Waals surface area contributed by atoms with Crippen molar-refractivity contribution in [3.8, 4) is 0 Å². The molecular weight excluding hydrogens is 262 g/mol. The van der Waals surface area contributed by atoms with Crippen molar-refractivity contribution in [2.75, 3.05) is 5.32 Å². The van der Waals surface area contributed by atoms with Crippen LogP contribution in [0.25, 0.3) is 0 Å². The molecule has 1 aliphatic heterocycles. The van der Waals surface area contributed by atoms with E-state index in [0.29, 0.717) is 0 Å². The van der Waals surface area contributed by atoms with Crippen molar-refractivity contribution in [3.63, 3.8) is 0 Å². The zero-order valence-corrected chi connectivity index (χ0v) is 9.73. The van der Waals surface area contributed by atoms with Crippen molar-refractivity contribution in [2.45, 2.75) is 12.5 Å². The van der Waals surface area contributed by atoms with Crippen LogP contribution >= 0.6 is 11.6 Å². The van der Waals surface area contributed by atoms with E-state index in [9.17, 15) is 19.7 Å². The van der Waals surface area contributed by atoms with Gasteiger partial charge >= 0.3 is 0 Å². The molecule has 1 atom stereocenters. The molecule has 0 spiro atoms. The largest absolute Gasteiger partial charge is 0.372 e. The van der Waals surface area contributed by atoms with E-state index < -0.39 is 16.9 Å². The molecule has 0 radical (unpaired) electrons. The van der Waals surface area contributed by atoms with Crippen LogP contribution < -0.4 is 10.6 Å². The predicted molar refractivity (Wildman–Crippen MR) is 63.3 cm³/mol. The monoisotopic (exact) mass is 269 g/mol. The number of benzene rings is 1. The molecule has 1 aromatic carbocycles. The van der Waals surface area contributed by atoms with Crippen molar-refractivity contribution in [2.24, 2.45) is 0 Å². The predicted octanol–water partition coefficient (Wildman–Crippen LogP) is 1.08. The number of nitrogens with zero attached hydrogens (tertiary/aromatic N) is 1. The number of nitro benzene ring substituents is 1. The number of amides is 2. The minimum Gasteiger partial charge on any atom is -0.372 e. The van der Waals surface area contributed by atoms with Gasteiger partial charge in [0.15, 0.2) is 0 Å². The molecule has 18 heavy (non-hydrogen) atoms. The van der Waals surface area contributed by atoms with Crippen LogP contribution in [0.2, 0.25) is 5.02 Å². The second-order valence-corrected chi connectivity index (χ2v) is 4.14. The highest BCUT2D eigenvalue weighted by atomic mass is 35.5. The number of rotatable bonds is 3. The highest BCUT2D eigenvalue weighted by molar-refractivity contribution is 6.33. The van der Waals surface area contributed by atoms with Crippen LogP contribution in [-0.2, 0) is 9.59 Å². The SMILES string of the molecule is O=C1CC(Nc2cc([N+](=O)[O-])ccc2Cl)C(=O)N1. The summed E-state index contributed by atoms with van der Waals surface area (Å²) in [6, 6.07) is 3.08. The molecule has 2 N–H and O–H groups in total. The highest BCUT2D eigenvalue weighted by Gasteiger charge is 2.31. The van der Waals surface area contributed by atoms with Crippen molar-refractivity contribution < 1.29 is 14.5 Å². The second kappa shape index (κ2) is 4.61. The zero-order chi connectivity index (χ0) is 13.3. The summed E-state index contributed by atoms with van der Waals surface area (Å²) < 4.78 is 0. The lowest BCUT2D eigenvalue weighted by Gasteiger charge is -2.11. The average molecular weight is 270 g/mol. The Morgan fingerprint density at radius 1 is 1.44 bits per heavy atom. The van der Waals surface area contributed by atoms with Gasteiger partial charge < -0.3 is 5.32 Å². The number of halogens is 1. The van der Waals surface area contributed by atoms with E-state index in [0.717, 1.165) is 0 Å². The van der Waals surface area contributed by atoms with Crippen molar-refractivity contribution in [3.05, 3.63) is 33.3 Å². The van der Waals surface area contributed by atoms with Crippen LogP contribution in [0, 0.1) is 10.1 Å².